The Hall–Kier alpha value is -1.23. The van der Waals surface area contributed by atoms with Gasteiger partial charge in [-0.3, -0.25) is 0 Å². The molecule has 1 rings (SSSR count). The Labute approximate surface area is 59.0 Å². The van der Waals surface area contributed by atoms with E-state index in [-0.39, 0.29) is 6.15 Å². The van der Waals surface area contributed by atoms with Gasteiger partial charge in [-0.2, -0.15) is 4.98 Å². The molecule has 0 aliphatic rings. The molecule has 0 aliphatic carbocycles. The smallest absolute Gasteiger partial charge is 0.238 e. The third kappa shape index (κ3) is 1.63. The minimum atomic E-state index is 0. The van der Waals surface area contributed by atoms with Gasteiger partial charge >= 0.3 is 0 Å². The number of rotatable bonds is 1. The molecule has 0 unspecified atom stereocenters. The van der Waals surface area contributed by atoms with Crippen LogP contribution in [0.2, 0.25) is 0 Å². The summed E-state index contributed by atoms with van der Waals surface area (Å²) in [5.74, 6) is 0.532. The topological polar surface area (TPSA) is 82.9 Å². The molecule has 0 aromatic carbocycles. The lowest BCUT2D eigenvalue weighted by atomic mass is 10.5. The summed E-state index contributed by atoms with van der Waals surface area (Å²) in [6.45, 7) is 1.79. The Morgan fingerprint density at radius 3 is 2.60 bits per heavy atom. The van der Waals surface area contributed by atoms with Gasteiger partial charge in [-0.05, 0) is 6.92 Å². The maximum atomic E-state index is 4.83. The zero-order valence-electron chi connectivity index (χ0n) is 6.03. The van der Waals surface area contributed by atoms with Gasteiger partial charge in [0.15, 0.2) is 0 Å². The first-order valence-electron chi connectivity index (χ1n) is 2.53. The zero-order chi connectivity index (χ0) is 6.69. The highest BCUT2D eigenvalue weighted by Crippen LogP contribution is 2.05. The van der Waals surface area contributed by atoms with E-state index in [9.17, 15) is 0 Å². The summed E-state index contributed by atoms with van der Waals surface area (Å²) in [7, 11) is 1.55. The Kier molecular flexibility index (Phi) is 3.27. The minimum absolute atomic E-state index is 0. The lowest BCUT2D eigenvalue weighted by molar-refractivity contribution is 0.389. The SMILES string of the molecule is COc1ncnnc1C.N. The molecule has 0 fully saturated rings. The Morgan fingerprint density at radius 2 is 2.20 bits per heavy atom. The molecule has 0 saturated carbocycles. The van der Waals surface area contributed by atoms with Crippen LogP contribution in [-0.2, 0) is 0 Å². The van der Waals surface area contributed by atoms with Crippen molar-refractivity contribution in [1.82, 2.24) is 21.3 Å². The maximum Gasteiger partial charge on any atom is 0.238 e. The molecule has 0 aliphatic heterocycles. The highest BCUT2D eigenvalue weighted by molar-refractivity contribution is 5.12. The molecule has 3 N–H and O–H groups in total. The predicted octanol–water partition coefficient (Wildman–Crippen LogP) is 0.351. The van der Waals surface area contributed by atoms with E-state index in [2.05, 4.69) is 15.2 Å². The van der Waals surface area contributed by atoms with Crippen molar-refractivity contribution < 1.29 is 4.74 Å². The van der Waals surface area contributed by atoms with Crippen LogP contribution in [0.5, 0.6) is 5.88 Å². The molecule has 1 aromatic heterocycles. The average Bonchev–Trinajstić information content (AvgIpc) is 1.89. The van der Waals surface area contributed by atoms with Crippen LogP contribution in [0.15, 0.2) is 6.33 Å². The predicted molar refractivity (Wildman–Crippen MR) is 36.1 cm³/mol. The molecular formula is C5H10N4O. The number of hydrogen-bond donors (Lipinski definition) is 1. The summed E-state index contributed by atoms with van der Waals surface area (Å²) in [6.07, 6.45) is 1.35. The molecule has 0 atom stereocenters. The number of aryl methyl sites for hydroxylation is 1. The molecule has 1 heterocycles. The number of nitrogens with zero attached hydrogens (tertiary/aromatic N) is 3. The molecule has 0 spiro atoms. The monoisotopic (exact) mass is 142 g/mol. The molecule has 0 bridgehead atoms. The van der Waals surface area contributed by atoms with Crippen molar-refractivity contribution in [2.45, 2.75) is 6.92 Å². The summed E-state index contributed by atoms with van der Waals surface area (Å²) < 4.78 is 4.83. The zero-order valence-corrected chi connectivity index (χ0v) is 6.03. The van der Waals surface area contributed by atoms with E-state index in [4.69, 9.17) is 4.74 Å². The molecule has 0 radical (unpaired) electrons. The van der Waals surface area contributed by atoms with Gasteiger partial charge < -0.3 is 10.9 Å². The first kappa shape index (κ1) is 8.77. The van der Waals surface area contributed by atoms with Crippen LogP contribution in [0.1, 0.15) is 5.69 Å². The van der Waals surface area contributed by atoms with Gasteiger partial charge in [0.1, 0.15) is 12.0 Å². The summed E-state index contributed by atoms with van der Waals surface area (Å²) in [5.41, 5.74) is 0.708. The number of aromatic nitrogens is 3. The minimum Gasteiger partial charge on any atom is -0.480 e. The van der Waals surface area contributed by atoms with Crippen LogP contribution in [0.4, 0.5) is 0 Å². The van der Waals surface area contributed by atoms with Crippen LogP contribution < -0.4 is 10.9 Å². The van der Waals surface area contributed by atoms with Gasteiger partial charge in [0, 0.05) is 0 Å². The number of ether oxygens (including phenoxy) is 1. The molecule has 5 nitrogen and oxygen atoms in total. The van der Waals surface area contributed by atoms with E-state index >= 15 is 0 Å². The van der Waals surface area contributed by atoms with Gasteiger partial charge in [-0.15, -0.1) is 10.2 Å². The second kappa shape index (κ2) is 3.73. The summed E-state index contributed by atoms with van der Waals surface area (Å²) >= 11 is 0. The van der Waals surface area contributed by atoms with Crippen molar-refractivity contribution in [2.75, 3.05) is 7.11 Å². The Bertz CT molecular complexity index is 203. The molecule has 1 aromatic rings. The highest BCUT2D eigenvalue weighted by Gasteiger charge is 1.96. The van der Waals surface area contributed by atoms with Gasteiger partial charge in [-0.25, -0.2) is 0 Å². The third-order valence-electron chi connectivity index (χ3n) is 0.937. The van der Waals surface area contributed by atoms with E-state index in [1.165, 1.54) is 6.33 Å². The molecule has 56 valence electrons. The van der Waals surface area contributed by atoms with E-state index in [1.54, 1.807) is 14.0 Å². The first-order valence-corrected chi connectivity index (χ1v) is 2.53. The highest BCUT2D eigenvalue weighted by atomic mass is 16.5. The standard InChI is InChI=1S/C5H7N3O.H3N/c1-4-5(9-2)6-3-7-8-4;/h3H,1-2H3;1H3. The summed E-state index contributed by atoms with van der Waals surface area (Å²) in [5, 5.41) is 7.26. The van der Waals surface area contributed by atoms with Crippen LogP contribution in [0, 0.1) is 6.92 Å². The summed E-state index contributed by atoms with van der Waals surface area (Å²) in [6, 6.07) is 0. The van der Waals surface area contributed by atoms with E-state index in [0.717, 1.165) is 0 Å². The fraction of sp³-hybridized carbons (Fsp3) is 0.400. The molecular weight excluding hydrogens is 132 g/mol. The third-order valence-corrected chi connectivity index (χ3v) is 0.937. The molecule has 0 saturated heterocycles. The number of hydrogen-bond acceptors (Lipinski definition) is 5. The average molecular weight is 142 g/mol. The molecule has 0 amide bonds. The number of methoxy groups -OCH3 is 1. The summed E-state index contributed by atoms with van der Waals surface area (Å²) in [4.78, 5) is 3.80. The maximum absolute atomic E-state index is 4.83. The van der Waals surface area contributed by atoms with Crippen molar-refractivity contribution in [3.8, 4) is 5.88 Å². The lowest BCUT2D eigenvalue weighted by Crippen LogP contribution is -1.94. The van der Waals surface area contributed by atoms with Crippen LogP contribution in [-0.4, -0.2) is 22.3 Å². The van der Waals surface area contributed by atoms with Gasteiger partial charge in [0.05, 0.1) is 7.11 Å². The van der Waals surface area contributed by atoms with E-state index < -0.39 is 0 Å². The quantitative estimate of drug-likeness (QED) is 0.611. The largest absolute Gasteiger partial charge is 0.480 e. The fourth-order valence-corrected chi connectivity index (χ4v) is 0.527. The van der Waals surface area contributed by atoms with Crippen molar-refractivity contribution >= 4 is 0 Å². The molecule has 5 heteroatoms. The Morgan fingerprint density at radius 1 is 1.50 bits per heavy atom. The second-order valence-electron chi connectivity index (χ2n) is 1.55. The lowest BCUT2D eigenvalue weighted by Gasteiger charge is -1.96. The first-order chi connectivity index (χ1) is 4.34. The van der Waals surface area contributed by atoms with E-state index in [1.807, 2.05) is 0 Å². The van der Waals surface area contributed by atoms with Crippen LogP contribution >= 0.6 is 0 Å². The van der Waals surface area contributed by atoms with Crippen molar-refractivity contribution in [3.05, 3.63) is 12.0 Å². The van der Waals surface area contributed by atoms with Crippen LogP contribution in [0.3, 0.4) is 0 Å². The van der Waals surface area contributed by atoms with Gasteiger partial charge in [-0.1, -0.05) is 0 Å². The van der Waals surface area contributed by atoms with Crippen molar-refractivity contribution in [2.24, 2.45) is 0 Å². The Balaban J connectivity index is 0.000000810. The second-order valence-corrected chi connectivity index (χ2v) is 1.55. The van der Waals surface area contributed by atoms with Gasteiger partial charge in [0.2, 0.25) is 5.88 Å². The van der Waals surface area contributed by atoms with E-state index in [0.29, 0.717) is 11.6 Å². The molecule has 10 heavy (non-hydrogen) atoms. The van der Waals surface area contributed by atoms with Crippen molar-refractivity contribution in [3.63, 3.8) is 0 Å². The van der Waals surface area contributed by atoms with Crippen molar-refractivity contribution in [1.29, 1.82) is 0 Å². The normalized spacial score (nSPS) is 8.20. The van der Waals surface area contributed by atoms with Gasteiger partial charge in [0.25, 0.3) is 0 Å². The fourth-order valence-electron chi connectivity index (χ4n) is 0.527. The van der Waals surface area contributed by atoms with Crippen LogP contribution in [0.25, 0.3) is 0 Å².